The van der Waals surface area contributed by atoms with Crippen LogP contribution in [-0.4, -0.2) is 40.7 Å². The second kappa shape index (κ2) is 7.65. The Morgan fingerprint density at radius 1 is 1.06 bits per heavy atom. The molecule has 31 heavy (non-hydrogen) atoms. The van der Waals surface area contributed by atoms with E-state index in [1.165, 1.54) is 4.90 Å². The maximum absolute atomic E-state index is 13.7. The lowest BCUT2D eigenvalue weighted by atomic mass is 9.76. The molecule has 2 aromatic rings. The first kappa shape index (κ1) is 20.5. The van der Waals surface area contributed by atoms with Crippen molar-refractivity contribution in [2.75, 3.05) is 17.3 Å². The first-order valence-electron chi connectivity index (χ1n) is 10.2. The zero-order valence-corrected chi connectivity index (χ0v) is 18.5. The summed E-state index contributed by atoms with van der Waals surface area (Å²) in [6, 6.07) is 14.3. The van der Waals surface area contributed by atoms with Gasteiger partial charge in [0.15, 0.2) is 0 Å². The number of likely N-dealkylation sites (tertiary alicyclic amines) is 1. The summed E-state index contributed by atoms with van der Waals surface area (Å²) in [5, 5.41) is 6.87. The molecule has 3 heterocycles. The third kappa shape index (κ3) is 2.94. The van der Waals surface area contributed by atoms with E-state index in [2.05, 4.69) is 10.6 Å². The molecule has 0 radical (unpaired) electrons. The van der Waals surface area contributed by atoms with Crippen molar-refractivity contribution in [2.24, 2.45) is 11.8 Å². The molecule has 0 aromatic heterocycles. The minimum absolute atomic E-state index is 0.110. The number of fused-ring (bicyclic) bond motifs is 4. The number of anilines is 1. The smallest absolute Gasteiger partial charge is 0.250 e. The molecule has 2 N–H and O–H groups in total. The van der Waals surface area contributed by atoms with Gasteiger partial charge in [-0.2, -0.15) is 11.8 Å². The highest BCUT2D eigenvalue weighted by Gasteiger charge is 2.70. The normalized spacial score (nSPS) is 28.9. The summed E-state index contributed by atoms with van der Waals surface area (Å²) >= 11 is 7.98. The van der Waals surface area contributed by atoms with E-state index in [1.54, 1.807) is 17.8 Å². The van der Waals surface area contributed by atoms with E-state index >= 15 is 0 Å². The molecule has 4 atom stereocenters. The van der Waals surface area contributed by atoms with Crippen LogP contribution >= 0.6 is 23.4 Å². The number of rotatable bonds is 5. The molecule has 2 aromatic carbocycles. The Morgan fingerprint density at radius 3 is 2.58 bits per heavy atom. The number of para-hydroxylation sites is 1. The van der Waals surface area contributed by atoms with Gasteiger partial charge in [-0.3, -0.25) is 24.6 Å². The van der Waals surface area contributed by atoms with Crippen molar-refractivity contribution in [1.29, 1.82) is 0 Å². The molecule has 6 nitrogen and oxygen atoms in total. The molecule has 0 aliphatic carbocycles. The average molecular weight is 456 g/mol. The van der Waals surface area contributed by atoms with E-state index in [0.29, 0.717) is 22.7 Å². The molecule has 3 aliphatic rings. The van der Waals surface area contributed by atoms with Gasteiger partial charge in [-0.1, -0.05) is 48.0 Å². The fraction of sp³-hybridized carbons (Fsp3) is 0.348. The van der Waals surface area contributed by atoms with Crippen LogP contribution in [0.15, 0.2) is 48.5 Å². The van der Waals surface area contributed by atoms with Crippen molar-refractivity contribution in [1.82, 2.24) is 10.2 Å². The molecule has 0 saturated carbocycles. The van der Waals surface area contributed by atoms with Crippen LogP contribution in [0.4, 0.5) is 5.69 Å². The maximum atomic E-state index is 13.7. The number of amides is 3. The van der Waals surface area contributed by atoms with Crippen LogP contribution in [0.5, 0.6) is 0 Å². The number of carbonyl (C=O) groups excluding carboxylic acids is 3. The minimum Gasteiger partial charge on any atom is -0.324 e. The molecule has 2 saturated heterocycles. The van der Waals surface area contributed by atoms with Crippen molar-refractivity contribution >= 4 is 46.8 Å². The highest BCUT2D eigenvalue weighted by molar-refractivity contribution is 7.98. The second-order valence-corrected chi connectivity index (χ2v) is 9.59. The van der Waals surface area contributed by atoms with E-state index in [-0.39, 0.29) is 30.3 Å². The van der Waals surface area contributed by atoms with E-state index in [4.69, 9.17) is 11.6 Å². The Labute approximate surface area is 189 Å². The molecule has 5 rings (SSSR count). The molecule has 3 amide bonds. The van der Waals surface area contributed by atoms with Crippen molar-refractivity contribution < 1.29 is 14.4 Å². The van der Waals surface area contributed by atoms with Gasteiger partial charge in [-0.25, -0.2) is 0 Å². The summed E-state index contributed by atoms with van der Waals surface area (Å²) in [5.74, 6) is -1.36. The van der Waals surface area contributed by atoms with Crippen LogP contribution < -0.4 is 10.6 Å². The minimum atomic E-state index is -1.23. The lowest BCUT2D eigenvalue weighted by Crippen LogP contribution is -2.53. The fourth-order valence-electron chi connectivity index (χ4n) is 5.26. The van der Waals surface area contributed by atoms with Crippen molar-refractivity contribution in [3.05, 3.63) is 64.7 Å². The van der Waals surface area contributed by atoms with Gasteiger partial charge in [-0.05, 0) is 36.1 Å². The van der Waals surface area contributed by atoms with Crippen LogP contribution in [0, 0.1) is 11.8 Å². The monoisotopic (exact) mass is 455 g/mol. The summed E-state index contributed by atoms with van der Waals surface area (Å²) in [6.07, 6.45) is 2.70. The van der Waals surface area contributed by atoms with E-state index < -0.39 is 17.4 Å². The molecule has 0 unspecified atom stereocenters. The van der Waals surface area contributed by atoms with Gasteiger partial charge in [0.05, 0.1) is 18.4 Å². The SMILES string of the molecule is CSCC[C@H]1N[C@]2(C(=O)Nc3ccccc32)[C@H]2C(=O)N(Cc3ccccc3Cl)C(=O)[C@H]12. The molecule has 8 heteroatoms. The summed E-state index contributed by atoms with van der Waals surface area (Å²) in [7, 11) is 0. The van der Waals surface area contributed by atoms with E-state index in [0.717, 1.165) is 11.3 Å². The fourth-order valence-corrected chi connectivity index (χ4v) is 5.95. The molecule has 160 valence electrons. The zero-order valence-electron chi connectivity index (χ0n) is 16.9. The van der Waals surface area contributed by atoms with Crippen LogP contribution in [0.3, 0.4) is 0 Å². The summed E-state index contributed by atoms with van der Waals surface area (Å²) in [4.78, 5) is 41.8. The lowest BCUT2D eigenvalue weighted by molar-refractivity contribution is -0.143. The number of nitrogens with one attached hydrogen (secondary N) is 2. The summed E-state index contributed by atoms with van der Waals surface area (Å²) in [6.45, 7) is 0.110. The van der Waals surface area contributed by atoms with Crippen LogP contribution in [0.25, 0.3) is 0 Å². The number of nitrogens with zero attached hydrogens (tertiary/aromatic N) is 1. The van der Waals surface area contributed by atoms with Gasteiger partial charge >= 0.3 is 0 Å². The van der Waals surface area contributed by atoms with Gasteiger partial charge in [0.1, 0.15) is 5.54 Å². The number of hydrogen-bond donors (Lipinski definition) is 2. The number of halogens is 1. The highest BCUT2D eigenvalue weighted by Crippen LogP contribution is 2.53. The number of carbonyl (C=O) groups is 3. The topological polar surface area (TPSA) is 78.5 Å². The number of benzene rings is 2. The Balaban J connectivity index is 1.58. The Morgan fingerprint density at radius 2 is 1.81 bits per heavy atom. The maximum Gasteiger partial charge on any atom is 0.250 e. The Bertz CT molecular complexity index is 1090. The van der Waals surface area contributed by atoms with Gasteiger partial charge in [0, 0.05) is 22.3 Å². The second-order valence-electron chi connectivity index (χ2n) is 8.20. The van der Waals surface area contributed by atoms with Gasteiger partial charge < -0.3 is 5.32 Å². The first-order valence-corrected chi connectivity index (χ1v) is 12.0. The number of hydrogen-bond acceptors (Lipinski definition) is 5. The van der Waals surface area contributed by atoms with Crippen LogP contribution in [0.1, 0.15) is 17.5 Å². The quantitative estimate of drug-likeness (QED) is 0.677. The van der Waals surface area contributed by atoms with Crippen LogP contribution in [0.2, 0.25) is 5.02 Å². The van der Waals surface area contributed by atoms with Gasteiger partial charge in [0.2, 0.25) is 17.7 Å². The largest absolute Gasteiger partial charge is 0.324 e. The van der Waals surface area contributed by atoms with E-state index in [1.807, 2.05) is 48.7 Å². The lowest BCUT2D eigenvalue weighted by Gasteiger charge is -2.29. The predicted octanol–water partition coefficient (Wildman–Crippen LogP) is 3.01. The molecule has 1 spiro atoms. The van der Waals surface area contributed by atoms with Crippen LogP contribution in [-0.2, 0) is 26.5 Å². The van der Waals surface area contributed by atoms with Crippen molar-refractivity contribution in [3.63, 3.8) is 0 Å². The molecule has 0 bridgehead atoms. The molecular formula is C23H22ClN3O3S. The van der Waals surface area contributed by atoms with Crippen molar-refractivity contribution in [3.8, 4) is 0 Å². The van der Waals surface area contributed by atoms with Gasteiger partial charge in [-0.15, -0.1) is 0 Å². The predicted molar refractivity (Wildman–Crippen MR) is 121 cm³/mol. The first-order chi connectivity index (χ1) is 15.0. The zero-order chi connectivity index (χ0) is 21.8. The summed E-state index contributed by atoms with van der Waals surface area (Å²) < 4.78 is 0. The number of thioether (sulfide) groups is 1. The van der Waals surface area contributed by atoms with Gasteiger partial charge in [0.25, 0.3) is 0 Å². The third-order valence-corrected chi connectivity index (χ3v) is 7.65. The standard InChI is InChI=1S/C23H22ClN3O3S/c1-31-11-10-17-18-19(23(26-17)14-7-3-5-9-16(14)25-22(23)30)21(29)27(20(18)28)12-13-6-2-4-8-15(13)24/h2-9,17-19,26H,10-12H2,1H3,(H,25,30)/t17-,18-,19-,23+/m1/s1. The Kier molecular flexibility index (Phi) is 5.07. The summed E-state index contributed by atoms with van der Waals surface area (Å²) in [5.41, 5.74) is 0.910. The Hall–Kier alpha value is -2.35. The average Bonchev–Trinajstić information content (AvgIpc) is 3.34. The third-order valence-electron chi connectivity index (χ3n) is 6.63. The molecular weight excluding hydrogens is 434 g/mol. The molecule has 2 fully saturated rings. The van der Waals surface area contributed by atoms with Crippen molar-refractivity contribution in [2.45, 2.75) is 24.5 Å². The van der Waals surface area contributed by atoms with E-state index in [9.17, 15) is 14.4 Å². The highest BCUT2D eigenvalue weighted by atomic mass is 35.5. The number of imide groups is 1. The molecule has 3 aliphatic heterocycles.